The Balaban J connectivity index is 2.22. The van der Waals surface area contributed by atoms with E-state index in [9.17, 15) is 8.42 Å². The first-order valence-corrected chi connectivity index (χ1v) is 9.73. The van der Waals surface area contributed by atoms with Crippen LogP contribution in [0.4, 0.5) is 0 Å². The molecule has 0 aliphatic carbocycles. The molecule has 1 N–H and O–H groups in total. The van der Waals surface area contributed by atoms with Crippen LogP contribution in [-0.4, -0.2) is 32.0 Å². The topological polar surface area (TPSA) is 46.2 Å². The molecule has 5 heteroatoms. The lowest BCUT2D eigenvalue weighted by atomic mass is 9.98. The highest BCUT2D eigenvalue weighted by molar-refractivity contribution is 7.92. The Bertz CT molecular complexity index is 586. The molecule has 0 saturated carbocycles. The molecule has 118 valence electrons. The van der Waals surface area contributed by atoms with Gasteiger partial charge in [-0.2, -0.15) is 0 Å². The van der Waals surface area contributed by atoms with E-state index in [4.69, 9.17) is 11.6 Å². The van der Waals surface area contributed by atoms with Gasteiger partial charge in [0.25, 0.3) is 0 Å². The number of halogens is 1. The predicted octanol–water partition coefficient (Wildman–Crippen LogP) is 3.14. The second kappa shape index (κ2) is 7.12. The molecule has 0 radical (unpaired) electrons. The Kier molecular flexibility index (Phi) is 5.69. The molecule has 0 aromatic heterocycles. The number of aryl methyl sites for hydroxylation is 1. The second-order valence-electron chi connectivity index (χ2n) is 5.86. The smallest absolute Gasteiger partial charge is 0.154 e. The number of likely N-dealkylation sites (N-methyl/N-ethyl adjacent to an activating group) is 1. The lowest BCUT2D eigenvalue weighted by Crippen LogP contribution is -2.47. The van der Waals surface area contributed by atoms with E-state index >= 15 is 0 Å². The summed E-state index contributed by atoms with van der Waals surface area (Å²) in [5, 5.41) is 3.80. The van der Waals surface area contributed by atoms with Gasteiger partial charge >= 0.3 is 0 Å². The van der Waals surface area contributed by atoms with Crippen LogP contribution in [0.1, 0.15) is 37.3 Å². The average Bonchev–Trinajstić information content (AvgIpc) is 2.41. The van der Waals surface area contributed by atoms with Gasteiger partial charge in [-0.3, -0.25) is 0 Å². The zero-order valence-corrected chi connectivity index (χ0v) is 14.3. The molecule has 1 fully saturated rings. The molecule has 1 aromatic carbocycles. The maximum Gasteiger partial charge on any atom is 0.154 e. The van der Waals surface area contributed by atoms with Crippen LogP contribution >= 0.6 is 11.6 Å². The summed E-state index contributed by atoms with van der Waals surface area (Å²) in [5.74, 6) is 0.321. The lowest BCUT2D eigenvalue weighted by molar-refractivity contribution is 0.441. The van der Waals surface area contributed by atoms with E-state index in [1.54, 1.807) is 0 Å². The number of sulfone groups is 1. The lowest BCUT2D eigenvalue weighted by Gasteiger charge is -2.31. The molecule has 1 heterocycles. The molecule has 3 nitrogen and oxygen atoms in total. The summed E-state index contributed by atoms with van der Waals surface area (Å²) in [4.78, 5) is 0. The summed E-state index contributed by atoms with van der Waals surface area (Å²) in [6, 6.07) is 5.92. The van der Waals surface area contributed by atoms with E-state index in [2.05, 4.69) is 5.32 Å². The molecule has 2 rings (SSSR count). The van der Waals surface area contributed by atoms with Crippen molar-refractivity contribution in [3.63, 3.8) is 0 Å². The zero-order valence-electron chi connectivity index (χ0n) is 12.7. The summed E-state index contributed by atoms with van der Waals surface area (Å²) in [7, 11) is -2.99. The summed E-state index contributed by atoms with van der Waals surface area (Å²) in [6.45, 7) is 4.78. The number of rotatable bonds is 5. The van der Waals surface area contributed by atoms with Crippen molar-refractivity contribution >= 4 is 21.4 Å². The normalized spacial score (nSPS) is 22.9. The fourth-order valence-corrected chi connectivity index (χ4v) is 5.52. The van der Waals surface area contributed by atoms with Crippen molar-refractivity contribution in [1.29, 1.82) is 0 Å². The molecule has 2 unspecified atom stereocenters. The Morgan fingerprint density at radius 2 is 2.14 bits per heavy atom. The highest BCUT2D eigenvalue weighted by Gasteiger charge is 2.35. The SMILES string of the molecule is CCNC(Cc1ccc(C)cc1Cl)C1CCCCS1(=O)=O. The second-order valence-corrected chi connectivity index (χ2v) is 8.61. The fraction of sp³-hybridized carbons (Fsp3) is 0.625. The zero-order chi connectivity index (χ0) is 15.5. The van der Waals surface area contributed by atoms with Crippen molar-refractivity contribution in [2.75, 3.05) is 12.3 Å². The first-order chi connectivity index (χ1) is 9.94. The van der Waals surface area contributed by atoms with Crippen molar-refractivity contribution in [3.05, 3.63) is 34.3 Å². The van der Waals surface area contributed by atoms with E-state index in [1.165, 1.54) is 0 Å². The Morgan fingerprint density at radius 1 is 1.38 bits per heavy atom. The van der Waals surface area contributed by atoms with E-state index in [0.717, 1.165) is 42.0 Å². The summed E-state index contributed by atoms with van der Waals surface area (Å²) in [5.41, 5.74) is 2.14. The van der Waals surface area contributed by atoms with Crippen LogP contribution in [0.25, 0.3) is 0 Å². The quantitative estimate of drug-likeness (QED) is 0.902. The first-order valence-electron chi connectivity index (χ1n) is 7.64. The van der Waals surface area contributed by atoms with Gasteiger partial charge in [0, 0.05) is 11.1 Å². The van der Waals surface area contributed by atoms with Crippen molar-refractivity contribution < 1.29 is 8.42 Å². The molecule has 0 bridgehead atoms. The molecular formula is C16H24ClNO2S. The predicted molar refractivity (Wildman–Crippen MR) is 88.8 cm³/mol. The number of nitrogens with one attached hydrogen (secondary N) is 1. The summed E-state index contributed by atoms with van der Waals surface area (Å²) < 4.78 is 24.7. The monoisotopic (exact) mass is 329 g/mol. The maximum absolute atomic E-state index is 12.4. The minimum absolute atomic E-state index is 0.0551. The molecule has 1 aromatic rings. The van der Waals surface area contributed by atoms with Crippen molar-refractivity contribution in [3.8, 4) is 0 Å². The minimum atomic E-state index is -2.99. The molecule has 0 spiro atoms. The number of benzene rings is 1. The molecule has 1 saturated heterocycles. The molecule has 1 aliphatic rings. The molecule has 2 atom stereocenters. The molecule has 0 amide bonds. The Morgan fingerprint density at radius 3 is 2.76 bits per heavy atom. The molecule has 1 aliphatic heterocycles. The van der Waals surface area contributed by atoms with Crippen molar-refractivity contribution in [2.45, 2.75) is 50.8 Å². The van der Waals surface area contributed by atoms with Gasteiger partial charge in [-0.1, -0.05) is 37.1 Å². The maximum atomic E-state index is 12.4. The van der Waals surface area contributed by atoms with Gasteiger partial charge in [0.05, 0.1) is 11.0 Å². The van der Waals surface area contributed by atoms with Crippen LogP contribution in [0.5, 0.6) is 0 Å². The van der Waals surface area contributed by atoms with Crippen LogP contribution in [0.2, 0.25) is 5.02 Å². The van der Waals surface area contributed by atoms with E-state index in [0.29, 0.717) is 12.2 Å². The number of hydrogen-bond donors (Lipinski definition) is 1. The van der Waals surface area contributed by atoms with Crippen molar-refractivity contribution in [2.24, 2.45) is 0 Å². The average molecular weight is 330 g/mol. The standard InChI is InChI=1S/C16H24ClNO2S/c1-3-18-15(16-6-4-5-9-21(16,19)20)11-13-8-7-12(2)10-14(13)17/h7-8,10,15-16,18H,3-6,9,11H2,1-2H3. The molecule has 21 heavy (non-hydrogen) atoms. The van der Waals surface area contributed by atoms with E-state index < -0.39 is 9.84 Å². The third-order valence-electron chi connectivity index (χ3n) is 4.19. The van der Waals surface area contributed by atoms with Gasteiger partial charge in [0.1, 0.15) is 0 Å². The van der Waals surface area contributed by atoms with Gasteiger partial charge in [-0.05, 0) is 49.9 Å². The van der Waals surface area contributed by atoms with Crippen LogP contribution < -0.4 is 5.32 Å². The Hall–Kier alpha value is -0.580. The van der Waals surface area contributed by atoms with Crippen molar-refractivity contribution in [1.82, 2.24) is 5.32 Å². The highest BCUT2D eigenvalue weighted by atomic mass is 35.5. The van der Waals surface area contributed by atoms with Gasteiger partial charge in [0.2, 0.25) is 0 Å². The first kappa shape index (κ1) is 16.8. The van der Waals surface area contributed by atoms with Gasteiger partial charge < -0.3 is 5.32 Å². The third-order valence-corrected chi connectivity index (χ3v) is 6.89. The number of hydrogen-bond acceptors (Lipinski definition) is 3. The van der Waals surface area contributed by atoms with Crippen LogP contribution in [0, 0.1) is 6.92 Å². The van der Waals surface area contributed by atoms with E-state index in [-0.39, 0.29) is 11.3 Å². The fourth-order valence-electron chi connectivity index (χ4n) is 3.08. The minimum Gasteiger partial charge on any atom is -0.313 e. The summed E-state index contributed by atoms with van der Waals surface area (Å²) >= 11 is 6.31. The van der Waals surface area contributed by atoms with Gasteiger partial charge in [-0.25, -0.2) is 8.42 Å². The van der Waals surface area contributed by atoms with Gasteiger partial charge in [-0.15, -0.1) is 0 Å². The highest BCUT2D eigenvalue weighted by Crippen LogP contribution is 2.26. The van der Waals surface area contributed by atoms with Gasteiger partial charge in [0.15, 0.2) is 9.84 Å². The van der Waals surface area contributed by atoms with Crippen LogP contribution in [-0.2, 0) is 16.3 Å². The third kappa shape index (κ3) is 4.21. The largest absolute Gasteiger partial charge is 0.313 e. The Labute approximate surface area is 133 Å². The van der Waals surface area contributed by atoms with Crippen LogP contribution in [0.15, 0.2) is 18.2 Å². The summed E-state index contributed by atoms with van der Waals surface area (Å²) in [6.07, 6.45) is 3.21. The van der Waals surface area contributed by atoms with E-state index in [1.807, 2.05) is 32.0 Å². The molecular weight excluding hydrogens is 306 g/mol. The van der Waals surface area contributed by atoms with Crippen LogP contribution in [0.3, 0.4) is 0 Å².